The molecule has 1 aromatic heterocycles. The van der Waals surface area contributed by atoms with Crippen molar-refractivity contribution in [3.05, 3.63) is 48.0 Å². The first-order valence-corrected chi connectivity index (χ1v) is 7.05. The maximum absolute atomic E-state index is 5.96. The van der Waals surface area contributed by atoms with Gasteiger partial charge in [-0.1, -0.05) is 18.2 Å². The number of hydrogen-bond donors (Lipinski definition) is 1. The molecular weight excluding hydrogens is 294 g/mol. The topological polar surface area (TPSA) is 88.1 Å². The van der Waals surface area contributed by atoms with Gasteiger partial charge in [0.2, 0.25) is 0 Å². The van der Waals surface area contributed by atoms with Crippen LogP contribution in [-0.4, -0.2) is 34.4 Å². The molecule has 0 bridgehead atoms. The van der Waals surface area contributed by atoms with Gasteiger partial charge in [-0.25, -0.2) is 4.68 Å². The quantitative estimate of drug-likeness (QED) is 0.725. The molecule has 2 aromatic carbocycles. The number of nitrogen functional groups attached to an aromatic ring is 1. The number of nitrogens with two attached hydrogens (primary N) is 1. The fraction of sp³-hybridized carbons (Fsp3) is 0.188. The predicted octanol–water partition coefficient (Wildman–Crippen LogP) is 1.99. The summed E-state index contributed by atoms with van der Waals surface area (Å²) in [6, 6.07) is 13.2. The molecule has 0 saturated heterocycles. The number of tetrazole rings is 1. The van der Waals surface area contributed by atoms with E-state index < -0.39 is 0 Å². The number of para-hydroxylation sites is 1. The number of rotatable bonds is 5. The summed E-state index contributed by atoms with van der Waals surface area (Å²) in [4.78, 5) is 0. The highest BCUT2D eigenvalue weighted by Crippen LogP contribution is 2.27. The molecule has 3 rings (SSSR count). The van der Waals surface area contributed by atoms with Crippen LogP contribution in [0.2, 0.25) is 0 Å². The van der Waals surface area contributed by atoms with Crippen LogP contribution in [0.3, 0.4) is 0 Å². The van der Waals surface area contributed by atoms with Crippen molar-refractivity contribution in [1.82, 2.24) is 20.2 Å². The third-order valence-electron chi connectivity index (χ3n) is 3.53. The van der Waals surface area contributed by atoms with E-state index in [1.165, 1.54) is 0 Å². The van der Waals surface area contributed by atoms with Crippen molar-refractivity contribution >= 4 is 5.69 Å². The standard InChI is InChI=1S/C16H17N5O2/c1-22-14-6-4-3-5-12(14)10-21-16(18-19-20-21)11-7-8-15(23-2)13(17)9-11/h3-9H,10,17H2,1-2H3. The summed E-state index contributed by atoms with van der Waals surface area (Å²) >= 11 is 0. The summed E-state index contributed by atoms with van der Waals surface area (Å²) in [6.07, 6.45) is 0. The Balaban J connectivity index is 1.95. The van der Waals surface area contributed by atoms with Crippen molar-refractivity contribution in [1.29, 1.82) is 0 Å². The first-order chi connectivity index (χ1) is 11.2. The average Bonchev–Trinajstić information content (AvgIpc) is 3.03. The van der Waals surface area contributed by atoms with Gasteiger partial charge in [-0.15, -0.1) is 5.10 Å². The maximum atomic E-state index is 5.96. The van der Waals surface area contributed by atoms with E-state index in [1.807, 2.05) is 30.3 Å². The van der Waals surface area contributed by atoms with Crippen molar-refractivity contribution in [2.75, 3.05) is 20.0 Å². The zero-order valence-corrected chi connectivity index (χ0v) is 12.9. The summed E-state index contributed by atoms with van der Waals surface area (Å²) in [6.45, 7) is 0.498. The number of aromatic nitrogens is 4. The number of ether oxygens (including phenoxy) is 2. The Morgan fingerprint density at radius 3 is 2.57 bits per heavy atom. The largest absolute Gasteiger partial charge is 0.496 e. The summed E-state index contributed by atoms with van der Waals surface area (Å²) in [5.74, 6) is 2.05. The maximum Gasteiger partial charge on any atom is 0.182 e. The van der Waals surface area contributed by atoms with E-state index in [-0.39, 0.29) is 0 Å². The summed E-state index contributed by atoms with van der Waals surface area (Å²) in [7, 11) is 3.22. The van der Waals surface area contributed by atoms with E-state index >= 15 is 0 Å². The van der Waals surface area contributed by atoms with Crippen LogP contribution in [0, 0.1) is 0 Å². The van der Waals surface area contributed by atoms with Gasteiger partial charge in [0.1, 0.15) is 11.5 Å². The number of methoxy groups -OCH3 is 2. The minimum absolute atomic E-state index is 0.498. The van der Waals surface area contributed by atoms with Gasteiger partial charge in [0.25, 0.3) is 0 Å². The Morgan fingerprint density at radius 2 is 1.83 bits per heavy atom. The van der Waals surface area contributed by atoms with Gasteiger partial charge in [0, 0.05) is 11.1 Å². The molecule has 0 aliphatic carbocycles. The van der Waals surface area contributed by atoms with Crippen LogP contribution in [0.1, 0.15) is 5.56 Å². The Labute approximate surface area is 133 Å². The number of hydrogen-bond acceptors (Lipinski definition) is 6. The molecule has 7 nitrogen and oxygen atoms in total. The van der Waals surface area contributed by atoms with E-state index in [9.17, 15) is 0 Å². The van der Waals surface area contributed by atoms with Gasteiger partial charge < -0.3 is 15.2 Å². The van der Waals surface area contributed by atoms with Crippen molar-refractivity contribution in [2.24, 2.45) is 0 Å². The minimum atomic E-state index is 0.498. The molecule has 0 radical (unpaired) electrons. The smallest absolute Gasteiger partial charge is 0.182 e. The van der Waals surface area contributed by atoms with Crippen molar-refractivity contribution in [2.45, 2.75) is 6.54 Å². The summed E-state index contributed by atoms with van der Waals surface area (Å²) in [5.41, 5.74) is 8.32. The third-order valence-corrected chi connectivity index (χ3v) is 3.53. The molecule has 1 heterocycles. The molecule has 0 fully saturated rings. The molecule has 0 aliphatic heterocycles. The van der Waals surface area contributed by atoms with Crippen LogP contribution >= 0.6 is 0 Å². The lowest BCUT2D eigenvalue weighted by Crippen LogP contribution is -2.06. The first kappa shape index (κ1) is 14.8. The zero-order chi connectivity index (χ0) is 16.2. The van der Waals surface area contributed by atoms with Gasteiger partial charge in [0.15, 0.2) is 5.82 Å². The molecule has 2 N–H and O–H groups in total. The Hall–Kier alpha value is -3.09. The highest BCUT2D eigenvalue weighted by atomic mass is 16.5. The minimum Gasteiger partial charge on any atom is -0.496 e. The van der Waals surface area contributed by atoms with Crippen molar-refractivity contribution in [3.8, 4) is 22.9 Å². The highest BCUT2D eigenvalue weighted by Gasteiger charge is 2.13. The molecule has 23 heavy (non-hydrogen) atoms. The lowest BCUT2D eigenvalue weighted by atomic mass is 10.1. The highest BCUT2D eigenvalue weighted by molar-refractivity contribution is 5.66. The van der Waals surface area contributed by atoms with Gasteiger partial charge in [-0.2, -0.15) is 0 Å². The number of benzene rings is 2. The van der Waals surface area contributed by atoms with Gasteiger partial charge in [0.05, 0.1) is 26.5 Å². The van der Waals surface area contributed by atoms with E-state index in [2.05, 4.69) is 15.5 Å². The summed E-state index contributed by atoms with van der Waals surface area (Å²) in [5, 5.41) is 11.9. The van der Waals surface area contributed by atoms with Crippen LogP contribution in [0.25, 0.3) is 11.4 Å². The molecule has 0 atom stereocenters. The van der Waals surface area contributed by atoms with E-state index in [0.717, 1.165) is 16.9 Å². The van der Waals surface area contributed by atoms with Crippen molar-refractivity contribution < 1.29 is 9.47 Å². The Bertz CT molecular complexity index is 816. The Kier molecular flexibility index (Phi) is 4.09. The zero-order valence-electron chi connectivity index (χ0n) is 12.9. The molecule has 0 saturated carbocycles. The molecule has 0 spiro atoms. The van der Waals surface area contributed by atoms with Crippen LogP contribution in [0.15, 0.2) is 42.5 Å². The molecular formula is C16H17N5O2. The first-order valence-electron chi connectivity index (χ1n) is 7.05. The van der Waals surface area contributed by atoms with Gasteiger partial charge >= 0.3 is 0 Å². The van der Waals surface area contributed by atoms with E-state index in [1.54, 1.807) is 31.0 Å². The fourth-order valence-electron chi connectivity index (χ4n) is 2.39. The average molecular weight is 311 g/mol. The normalized spacial score (nSPS) is 10.5. The number of anilines is 1. The van der Waals surface area contributed by atoms with Crippen LogP contribution in [0.4, 0.5) is 5.69 Å². The second-order valence-electron chi connectivity index (χ2n) is 4.93. The molecule has 0 aliphatic rings. The lowest BCUT2D eigenvalue weighted by Gasteiger charge is -2.10. The second-order valence-corrected chi connectivity index (χ2v) is 4.93. The summed E-state index contributed by atoms with van der Waals surface area (Å²) < 4.78 is 12.3. The lowest BCUT2D eigenvalue weighted by molar-refractivity contribution is 0.407. The molecule has 0 unspecified atom stereocenters. The van der Waals surface area contributed by atoms with Crippen LogP contribution < -0.4 is 15.2 Å². The fourth-order valence-corrected chi connectivity index (χ4v) is 2.39. The van der Waals surface area contributed by atoms with E-state index in [4.69, 9.17) is 15.2 Å². The monoisotopic (exact) mass is 311 g/mol. The third kappa shape index (κ3) is 2.94. The van der Waals surface area contributed by atoms with Gasteiger partial charge in [-0.05, 0) is 34.7 Å². The predicted molar refractivity (Wildman–Crippen MR) is 86.3 cm³/mol. The van der Waals surface area contributed by atoms with Crippen molar-refractivity contribution in [3.63, 3.8) is 0 Å². The molecule has 7 heteroatoms. The van der Waals surface area contributed by atoms with Gasteiger partial charge in [-0.3, -0.25) is 0 Å². The molecule has 3 aromatic rings. The van der Waals surface area contributed by atoms with Crippen LogP contribution in [-0.2, 0) is 6.54 Å². The number of nitrogens with zero attached hydrogens (tertiary/aromatic N) is 4. The SMILES string of the molecule is COc1ccc(-c2nnnn2Cc2ccccc2OC)cc1N. The molecule has 118 valence electrons. The van der Waals surface area contributed by atoms with Crippen LogP contribution in [0.5, 0.6) is 11.5 Å². The second kappa shape index (κ2) is 6.35. The Morgan fingerprint density at radius 1 is 1.04 bits per heavy atom. The van der Waals surface area contributed by atoms with E-state index in [0.29, 0.717) is 23.8 Å². The molecule has 0 amide bonds.